The van der Waals surface area contributed by atoms with Crippen molar-refractivity contribution in [1.82, 2.24) is 9.80 Å². The molecule has 0 bridgehead atoms. The first-order valence-corrected chi connectivity index (χ1v) is 9.41. The number of rotatable bonds is 2. The highest BCUT2D eigenvalue weighted by atomic mass is 32.2. The average Bonchev–Trinajstić information content (AvgIpc) is 2.53. The second-order valence-corrected chi connectivity index (χ2v) is 7.66. The highest BCUT2D eigenvalue weighted by Gasteiger charge is 2.30. The number of piperidine rings is 1. The summed E-state index contributed by atoms with van der Waals surface area (Å²) in [5.74, 6) is 0.424. The maximum absolute atomic E-state index is 12.7. The van der Waals surface area contributed by atoms with Gasteiger partial charge in [-0.1, -0.05) is 6.92 Å². The van der Waals surface area contributed by atoms with E-state index in [9.17, 15) is 13.2 Å². The Balaban J connectivity index is 1.81. The molecule has 7 heteroatoms. The molecule has 1 amide bonds. The number of hydrogen-bond acceptors (Lipinski definition) is 4. The van der Waals surface area contributed by atoms with Crippen molar-refractivity contribution in [3.05, 3.63) is 23.9 Å². The van der Waals surface area contributed by atoms with Crippen molar-refractivity contribution in [1.29, 1.82) is 0 Å². The van der Waals surface area contributed by atoms with Gasteiger partial charge in [-0.25, -0.2) is 8.42 Å². The monoisotopic (exact) mass is 323 g/mol. The van der Waals surface area contributed by atoms with Gasteiger partial charge >= 0.3 is 0 Å². The van der Waals surface area contributed by atoms with E-state index in [1.165, 1.54) is 6.42 Å². The minimum Gasteiger partial charge on any atom is -0.336 e. The van der Waals surface area contributed by atoms with Crippen molar-refractivity contribution in [2.24, 2.45) is 4.40 Å². The first-order valence-electron chi connectivity index (χ1n) is 7.80. The van der Waals surface area contributed by atoms with Gasteiger partial charge in [0.2, 0.25) is 0 Å². The van der Waals surface area contributed by atoms with Crippen LogP contribution in [0, 0.1) is 0 Å². The highest BCUT2D eigenvalue weighted by Crippen LogP contribution is 2.23. The first kappa shape index (κ1) is 15.3. The van der Waals surface area contributed by atoms with Gasteiger partial charge in [0.1, 0.15) is 5.84 Å². The number of likely N-dealkylation sites (tertiary alicyclic amines) is 1. The fraction of sp³-hybridized carbons (Fsp3) is 0.600. The van der Waals surface area contributed by atoms with Crippen LogP contribution in [0.1, 0.15) is 32.6 Å². The number of hydrogen-bond donors (Lipinski definition) is 0. The summed E-state index contributed by atoms with van der Waals surface area (Å²) < 4.78 is 26.7. The maximum Gasteiger partial charge on any atom is 0.256 e. The Morgan fingerprint density at radius 3 is 2.91 bits per heavy atom. The van der Waals surface area contributed by atoms with Crippen LogP contribution in [0.5, 0.6) is 0 Å². The molecule has 6 nitrogen and oxygen atoms in total. The Morgan fingerprint density at radius 2 is 2.14 bits per heavy atom. The molecule has 1 saturated heterocycles. The molecule has 0 aromatic rings. The molecule has 3 aliphatic heterocycles. The number of amidine groups is 1. The molecule has 0 saturated carbocycles. The fourth-order valence-electron chi connectivity index (χ4n) is 3.19. The van der Waals surface area contributed by atoms with E-state index in [0.29, 0.717) is 24.0 Å². The fourth-order valence-corrected chi connectivity index (χ4v) is 4.16. The molecule has 0 N–H and O–H groups in total. The Morgan fingerprint density at radius 1 is 1.32 bits per heavy atom. The molecular formula is C15H21N3O3S. The Bertz CT molecular complexity index is 664. The van der Waals surface area contributed by atoms with Crippen LogP contribution < -0.4 is 0 Å². The zero-order chi connectivity index (χ0) is 15.7. The zero-order valence-electron chi connectivity index (χ0n) is 12.7. The molecule has 120 valence electrons. The Hall–Kier alpha value is -1.63. The molecular weight excluding hydrogens is 302 g/mol. The third kappa shape index (κ3) is 2.95. The molecule has 1 unspecified atom stereocenters. The molecule has 1 fully saturated rings. The largest absolute Gasteiger partial charge is 0.336 e. The van der Waals surface area contributed by atoms with Crippen LogP contribution >= 0.6 is 0 Å². The van der Waals surface area contributed by atoms with Crippen LogP contribution in [0.2, 0.25) is 0 Å². The van der Waals surface area contributed by atoms with Crippen LogP contribution in [0.25, 0.3) is 0 Å². The van der Waals surface area contributed by atoms with E-state index in [2.05, 4.69) is 11.3 Å². The van der Waals surface area contributed by atoms with Crippen LogP contribution in [-0.2, 0) is 14.8 Å². The van der Waals surface area contributed by atoms with Crippen molar-refractivity contribution in [3.8, 4) is 0 Å². The minimum absolute atomic E-state index is 0.0103. The lowest BCUT2D eigenvalue weighted by molar-refractivity contribution is -0.130. The minimum atomic E-state index is -3.35. The van der Waals surface area contributed by atoms with Crippen LogP contribution in [-0.4, -0.2) is 54.8 Å². The summed E-state index contributed by atoms with van der Waals surface area (Å²) in [6.45, 7) is 3.26. The SMILES string of the molecule is CCC1CCCCN1C(=O)C1=CN2CCS(=O)(=O)N=C2C=C1. The standard InChI is InChI=1S/C15H21N3O3S/c1-2-13-5-3-4-8-18(13)15(19)12-6-7-14-16-22(20,21)10-9-17(14)11-12/h6-7,11,13H,2-5,8-10H2,1H3. The topological polar surface area (TPSA) is 70.1 Å². The lowest BCUT2D eigenvalue weighted by Crippen LogP contribution is -2.45. The number of nitrogens with zero attached hydrogens (tertiary/aromatic N) is 3. The predicted molar refractivity (Wildman–Crippen MR) is 84.8 cm³/mol. The lowest BCUT2D eigenvalue weighted by Gasteiger charge is -2.36. The number of carbonyl (C=O) groups is 1. The number of sulfonamides is 1. The summed E-state index contributed by atoms with van der Waals surface area (Å²) in [6, 6.07) is 0.312. The number of carbonyl (C=O) groups excluding carboxylic acids is 1. The zero-order valence-corrected chi connectivity index (χ0v) is 13.6. The van der Waals surface area contributed by atoms with Crippen LogP contribution in [0.4, 0.5) is 0 Å². The Kier molecular flexibility index (Phi) is 4.08. The van der Waals surface area contributed by atoms with Crippen molar-refractivity contribution in [3.63, 3.8) is 0 Å². The van der Waals surface area contributed by atoms with E-state index in [4.69, 9.17) is 0 Å². The third-order valence-corrected chi connectivity index (χ3v) is 5.59. The van der Waals surface area contributed by atoms with Crippen LogP contribution in [0.15, 0.2) is 28.3 Å². The molecule has 0 spiro atoms. The predicted octanol–water partition coefficient (Wildman–Crippen LogP) is 1.28. The van der Waals surface area contributed by atoms with Crippen molar-refractivity contribution >= 4 is 21.8 Å². The molecule has 0 aromatic heterocycles. The Labute approximate surface area is 131 Å². The maximum atomic E-state index is 12.7. The van der Waals surface area contributed by atoms with Gasteiger partial charge in [0, 0.05) is 25.3 Å². The molecule has 22 heavy (non-hydrogen) atoms. The molecule has 1 atom stereocenters. The molecule has 3 heterocycles. The van der Waals surface area contributed by atoms with Gasteiger partial charge in [0.15, 0.2) is 0 Å². The molecule has 3 aliphatic rings. The molecule has 0 aliphatic carbocycles. The second-order valence-electron chi connectivity index (χ2n) is 5.90. The first-order chi connectivity index (χ1) is 10.5. The third-order valence-electron chi connectivity index (χ3n) is 4.43. The van der Waals surface area contributed by atoms with E-state index in [0.717, 1.165) is 25.8 Å². The highest BCUT2D eigenvalue weighted by molar-refractivity contribution is 7.90. The molecule has 3 rings (SSSR count). The number of fused-ring (bicyclic) bond motifs is 1. The summed E-state index contributed by atoms with van der Waals surface area (Å²) in [6.07, 6.45) is 9.29. The second kappa shape index (κ2) is 5.87. The van der Waals surface area contributed by atoms with Crippen molar-refractivity contribution in [2.75, 3.05) is 18.8 Å². The lowest BCUT2D eigenvalue weighted by atomic mass is 9.98. The van der Waals surface area contributed by atoms with Crippen LogP contribution in [0.3, 0.4) is 0 Å². The van der Waals surface area contributed by atoms with Gasteiger partial charge in [-0.05, 0) is 37.8 Å². The van der Waals surface area contributed by atoms with E-state index in [1.807, 2.05) is 4.90 Å². The number of amides is 1. The van der Waals surface area contributed by atoms with E-state index < -0.39 is 10.0 Å². The smallest absolute Gasteiger partial charge is 0.256 e. The quantitative estimate of drug-likeness (QED) is 0.767. The van der Waals surface area contributed by atoms with Gasteiger partial charge in [0.25, 0.3) is 15.9 Å². The summed E-state index contributed by atoms with van der Waals surface area (Å²) in [5.41, 5.74) is 0.610. The summed E-state index contributed by atoms with van der Waals surface area (Å²) in [4.78, 5) is 16.5. The average molecular weight is 323 g/mol. The summed E-state index contributed by atoms with van der Waals surface area (Å²) in [7, 11) is -3.35. The van der Waals surface area contributed by atoms with Crippen molar-refractivity contribution in [2.45, 2.75) is 38.6 Å². The van der Waals surface area contributed by atoms with Crippen molar-refractivity contribution < 1.29 is 13.2 Å². The molecule has 0 aromatic carbocycles. The molecule has 0 radical (unpaired) electrons. The van der Waals surface area contributed by atoms with Gasteiger partial charge in [0.05, 0.1) is 11.3 Å². The van der Waals surface area contributed by atoms with E-state index in [-0.39, 0.29) is 11.7 Å². The van der Waals surface area contributed by atoms with Gasteiger partial charge in [-0.2, -0.15) is 0 Å². The normalized spacial score (nSPS) is 27.0. The van der Waals surface area contributed by atoms with Gasteiger partial charge < -0.3 is 9.80 Å². The summed E-state index contributed by atoms with van der Waals surface area (Å²) in [5, 5.41) is 0. The van der Waals surface area contributed by atoms with Gasteiger partial charge in [-0.15, -0.1) is 4.40 Å². The van der Waals surface area contributed by atoms with E-state index in [1.54, 1.807) is 23.3 Å². The summed E-state index contributed by atoms with van der Waals surface area (Å²) >= 11 is 0. The van der Waals surface area contributed by atoms with E-state index >= 15 is 0 Å². The van der Waals surface area contributed by atoms with Gasteiger partial charge in [-0.3, -0.25) is 4.79 Å².